The summed E-state index contributed by atoms with van der Waals surface area (Å²) in [5.41, 5.74) is 3.13. The van der Waals surface area contributed by atoms with Crippen LogP contribution in [0, 0.1) is 18.6 Å². The molecule has 7 nitrogen and oxygen atoms in total. The van der Waals surface area contributed by atoms with Gasteiger partial charge in [0.1, 0.15) is 22.4 Å². The topological polar surface area (TPSA) is 83.6 Å². The van der Waals surface area contributed by atoms with Gasteiger partial charge in [0.2, 0.25) is 0 Å². The Morgan fingerprint density at radius 1 is 1.12 bits per heavy atom. The Morgan fingerprint density at radius 3 is 2.70 bits per heavy atom. The number of nitrogens with one attached hydrogen (secondary N) is 2. The van der Waals surface area contributed by atoms with Crippen molar-refractivity contribution in [1.29, 1.82) is 0 Å². The fraction of sp³-hybridized carbons (Fsp3) is 0.485. The van der Waals surface area contributed by atoms with Gasteiger partial charge in [-0.1, -0.05) is 0 Å². The second-order valence-electron chi connectivity index (χ2n) is 12.0. The molecule has 6 rings (SSSR count). The second-order valence-corrected chi connectivity index (χ2v) is 12.9. The van der Waals surface area contributed by atoms with Crippen LogP contribution in [0.15, 0.2) is 35.7 Å². The number of amides is 2. The summed E-state index contributed by atoms with van der Waals surface area (Å²) >= 11 is 1.58. The predicted molar refractivity (Wildman–Crippen MR) is 162 cm³/mol. The molecule has 3 aliphatic heterocycles. The first kappa shape index (κ1) is 29.7. The maximum absolute atomic E-state index is 14.2. The van der Waals surface area contributed by atoms with E-state index in [1.165, 1.54) is 12.1 Å². The fourth-order valence-corrected chi connectivity index (χ4v) is 7.61. The van der Waals surface area contributed by atoms with Crippen LogP contribution in [0.2, 0.25) is 0 Å². The number of benzene rings is 2. The van der Waals surface area contributed by atoms with Crippen LogP contribution in [-0.2, 0) is 12.8 Å². The van der Waals surface area contributed by atoms with Crippen molar-refractivity contribution in [3.63, 3.8) is 0 Å². The highest BCUT2D eigenvalue weighted by molar-refractivity contribution is 7.09. The van der Waals surface area contributed by atoms with Gasteiger partial charge in [-0.05, 0) is 101 Å². The molecule has 0 saturated carbocycles. The Labute approximate surface area is 255 Å². The number of aryl methyl sites for hydroxylation is 1. The van der Waals surface area contributed by atoms with Crippen LogP contribution in [0.25, 0.3) is 0 Å². The van der Waals surface area contributed by atoms with E-state index in [2.05, 4.69) is 15.6 Å². The number of carbonyl (C=O) groups excluding carboxylic acids is 2. The molecule has 2 N–H and O–H groups in total. The summed E-state index contributed by atoms with van der Waals surface area (Å²) < 4.78 is 34.1. The van der Waals surface area contributed by atoms with Gasteiger partial charge in [-0.3, -0.25) is 9.59 Å². The molecule has 2 aromatic carbocycles. The molecule has 0 spiro atoms. The Morgan fingerprint density at radius 2 is 1.95 bits per heavy atom. The first-order chi connectivity index (χ1) is 20.8. The number of hydrogen-bond acceptors (Lipinski definition) is 6. The highest BCUT2D eigenvalue weighted by Crippen LogP contribution is 2.37. The molecule has 3 aliphatic rings. The zero-order valence-electron chi connectivity index (χ0n) is 24.5. The zero-order valence-corrected chi connectivity index (χ0v) is 25.3. The van der Waals surface area contributed by atoms with E-state index in [1.807, 2.05) is 17.2 Å². The van der Waals surface area contributed by atoms with Gasteiger partial charge in [0.25, 0.3) is 11.8 Å². The summed E-state index contributed by atoms with van der Waals surface area (Å²) in [5, 5.41) is 9.54. The number of hydrogen-bond donors (Lipinski definition) is 2. The monoisotopic (exact) mass is 608 g/mol. The molecule has 228 valence electrons. The second kappa shape index (κ2) is 13.1. The van der Waals surface area contributed by atoms with Crippen molar-refractivity contribution in [2.24, 2.45) is 0 Å². The lowest BCUT2D eigenvalue weighted by atomic mass is 9.95. The van der Waals surface area contributed by atoms with E-state index >= 15 is 0 Å². The van der Waals surface area contributed by atoms with Gasteiger partial charge in [-0.25, -0.2) is 13.8 Å². The molecule has 10 heteroatoms. The van der Waals surface area contributed by atoms with E-state index in [0.29, 0.717) is 48.4 Å². The molecule has 3 atom stereocenters. The van der Waals surface area contributed by atoms with Crippen molar-refractivity contribution < 1.29 is 23.1 Å². The smallest absolute Gasteiger partial charge is 0.254 e. The number of fused-ring (bicyclic) bond motifs is 1. The van der Waals surface area contributed by atoms with Crippen LogP contribution in [0.5, 0.6) is 5.75 Å². The third kappa shape index (κ3) is 6.91. The third-order valence-corrected chi connectivity index (χ3v) is 9.75. The Bertz CT molecular complexity index is 1470. The lowest BCUT2D eigenvalue weighted by Gasteiger charge is -2.26. The number of nitrogens with zero attached hydrogens (tertiary/aromatic N) is 2. The quantitative estimate of drug-likeness (QED) is 0.333. The van der Waals surface area contributed by atoms with E-state index in [4.69, 9.17) is 4.74 Å². The largest absolute Gasteiger partial charge is 0.493 e. The number of rotatable bonds is 8. The van der Waals surface area contributed by atoms with E-state index < -0.39 is 11.6 Å². The number of thiazole rings is 1. The van der Waals surface area contributed by atoms with Gasteiger partial charge < -0.3 is 20.3 Å². The number of carbonyl (C=O) groups is 2. The van der Waals surface area contributed by atoms with Crippen molar-refractivity contribution in [1.82, 2.24) is 20.5 Å². The molecular formula is C33H38F2N4O3S. The number of ether oxygens (including phenoxy) is 1. The zero-order chi connectivity index (χ0) is 29.9. The fourth-order valence-electron chi connectivity index (χ4n) is 6.66. The minimum Gasteiger partial charge on any atom is -0.493 e. The SMILES string of the molecule is Cc1csc([C@H]2CCCN2C(=O)c2cc(C(=O)N[C@@H](Cc3cc(F)cc(F)c3)C[C@H]3CCCN3)cc3c2CCCCO3)n1. The van der Waals surface area contributed by atoms with Crippen molar-refractivity contribution in [2.75, 3.05) is 19.7 Å². The highest BCUT2D eigenvalue weighted by atomic mass is 32.1. The maximum Gasteiger partial charge on any atom is 0.254 e. The Balaban J connectivity index is 1.29. The van der Waals surface area contributed by atoms with E-state index in [9.17, 15) is 18.4 Å². The van der Waals surface area contributed by atoms with E-state index in [-0.39, 0.29) is 36.4 Å². The van der Waals surface area contributed by atoms with Crippen molar-refractivity contribution >= 4 is 23.2 Å². The number of halogens is 2. The van der Waals surface area contributed by atoms with E-state index in [1.54, 1.807) is 23.5 Å². The van der Waals surface area contributed by atoms with Crippen LogP contribution in [0.4, 0.5) is 8.78 Å². The Kier molecular flexibility index (Phi) is 9.04. The first-order valence-electron chi connectivity index (χ1n) is 15.4. The van der Waals surface area contributed by atoms with Crippen LogP contribution >= 0.6 is 11.3 Å². The summed E-state index contributed by atoms with van der Waals surface area (Å²) in [6.07, 6.45) is 7.16. The van der Waals surface area contributed by atoms with Gasteiger partial charge in [0, 0.05) is 52.5 Å². The van der Waals surface area contributed by atoms with E-state index in [0.717, 1.165) is 67.4 Å². The number of aromatic nitrogens is 1. The third-order valence-electron chi connectivity index (χ3n) is 8.69. The molecule has 1 aromatic heterocycles. The Hall–Kier alpha value is -3.37. The molecule has 4 heterocycles. The van der Waals surface area contributed by atoms with Gasteiger partial charge in [-0.2, -0.15) is 0 Å². The average molecular weight is 609 g/mol. The van der Waals surface area contributed by atoms with Crippen LogP contribution in [-0.4, -0.2) is 53.5 Å². The molecule has 0 aliphatic carbocycles. The van der Waals surface area contributed by atoms with Crippen molar-refractivity contribution in [3.05, 3.63) is 80.3 Å². The molecule has 2 amide bonds. The summed E-state index contributed by atoms with van der Waals surface area (Å²) in [6, 6.07) is 6.69. The van der Waals surface area contributed by atoms with Crippen LogP contribution in [0.1, 0.15) is 93.5 Å². The summed E-state index contributed by atoms with van der Waals surface area (Å²) in [5.74, 6) is -1.14. The lowest BCUT2D eigenvalue weighted by Crippen LogP contribution is -2.41. The average Bonchev–Trinajstić information content (AvgIpc) is 3.72. The highest BCUT2D eigenvalue weighted by Gasteiger charge is 2.35. The van der Waals surface area contributed by atoms with Crippen molar-refractivity contribution in [2.45, 2.75) is 82.8 Å². The molecule has 2 fully saturated rings. The lowest BCUT2D eigenvalue weighted by molar-refractivity contribution is 0.0733. The summed E-state index contributed by atoms with van der Waals surface area (Å²) in [7, 11) is 0. The van der Waals surface area contributed by atoms with Crippen LogP contribution < -0.4 is 15.4 Å². The molecule has 0 unspecified atom stereocenters. The maximum atomic E-state index is 14.2. The predicted octanol–water partition coefficient (Wildman–Crippen LogP) is 5.91. The van der Waals surface area contributed by atoms with Gasteiger partial charge in [0.15, 0.2) is 0 Å². The van der Waals surface area contributed by atoms with Gasteiger partial charge >= 0.3 is 0 Å². The van der Waals surface area contributed by atoms with Gasteiger partial charge in [0.05, 0.1) is 12.6 Å². The van der Waals surface area contributed by atoms with Crippen LogP contribution in [0.3, 0.4) is 0 Å². The molecule has 43 heavy (non-hydrogen) atoms. The molecular weight excluding hydrogens is 570 g/mol. The molecule has 0 radical (unpaired) electrons. The number of likely N-dealkylation sites (tertiary alicyclic amines) is 1. The summed E-state index contributed by atoms with van der Waals surface area (Å²) in [4.78, 5) is 34.6. The minimum atomic E-state index is -0.641. The standard InChI is InChI=1S/C33H38F2N4O3S/c1-20-19-43-32(37-20)29-8-5-10-39(29)33(41)28-15-22(16-30-27(28)7-2-3-11-42-30)31(40)38-26(18-25-6-4-9-36-25)14-21-12-23(34)17-24(35)13-21/h12-13,15-17,19,25-26,29,36H,2-11,14,18H2,1H3,(H,38,40)/t25-,26+,29-/m1/s1. The molecule has 3 aromatic rings. The molecule has 2 saturated heterocycles. The normalized spacial score (nSPS) is 20.8. The molecule has 0 bridgehead atoms. The minimum absolute atomic E-state index is 0.0824. The van der Waals surface area contributed by atoms with Crippen molar-refractivity contribution in [3.8, 4) is 5.75 Å². The van der Waals surface area contributed by atoms with Gasteiger partial charge in [-0.15, -0.1) is 11.3 Å². The first-order valence-corrected chi connectivity index (χ1v) is 16.2. The summed E-state index contributed by atoms with van der Waals surface area (Å²) in [6.45, 7) is 4.03.